The van der Waals surface area contributed by atoms with Crippen molar-refractivity contribution in [1.82, 2.24) is 10.1 Å². The lowest BCUT2D eigenvalue weighted by Gasteiger charge is -2.19. The second-order valence-electron chi connectivity index (χ2n) is 5.82. The Balaban J connectivity index is 2.03. The van der Waals surface area contributed by atoms with E-state index in [1.54, 1.807) is 0 Å². The topological polar surface area (TPSA) is 76.2 Å². The van der Waals surface area contributed by atoms with E-state index in [2.05, 4.69) is 26.1 Å². The third-order valence-corrected chi connectivity index (χ3v) is 3.51. The maximum Gasteiger partial charge on any atom is 0.303 e. The van der Waals surface area contributed by atoms with Crippen LogP contribution >= 0.6 is 15.9 Å². The first-order valence-corrected chi connectivity index (χ1v) is 7.41. The second-order valence-corrected chi connectivity index (χ2v) is 6.74. The summed E-state index contributed by atoms with van der Waals surface area (Å²) in [6.45, 7) is 3.75. The van der Waals surface area contributed by atoms with Gasteiger partial charge in [-0.2, -0.15) is 4.98 Å². The molecule has 0 saturated carbocycles. The number of carboxylic acid groups (broad SMARTS) is 1. The summed E-state index contributed by atoms with van der Waals surface area (Å²) in [7, 11) is 0. The van der Waals surface area contributed by atoms with Crippen LogP contribution in [0.3, 0.4) is 0 Å². The van der Waals surface area contributed by atoms with Crippen molar-refractivity contribution in [1.29, 1.82) is 0 Å². The molecule has 6 heteroatoms. The van der Waals surface area contributed by atoms with Crippen LogP contribution in [-0.2, 0) is 17.6 Å². The molecular formula is C15H17BrN2O3. The van der Waals surface area contributed by atoms with Gasteiger partial charge in [0, 0.05) is 17.3 Å². The standard InChI is InChI=1S/C15H17BrN2O3/c1-15(2,9-14(19)20)8-13-17-12(18-21-13)7-10-4-3-5-11(16)6-10/h3-6H,7-9H2,1-2H3,(H,19,20). The zero-order chi connectivity index (χ0) is 15.5. The van der Waals surface area contributed by atoms with Crippen LogP contribution in [0.2, 0.25) is 0 Å². The third-order valence-electron chi connectivity index (χ3n) is 3.02. The van der Waals surface area contributed by atoms with E-state index in [0.29, 0.717) is 24.6 Å². The summed E-state index contributed by atoms with van der Waals surface area (Å²) in [5.41, 5.74) is 0.673. The van der Waals surface area contributed by atoms with Crippen molar-refractivity contribution in [2.24, 2.45) is 5.41 Å². The Kier molecular flexibility index (Phi) is 4.77. The Hall–Kier alpha value is -1.69. The highest BCUT2D eigenvalue weighted by atomic mass is 79.9. The van der Waals surface area contributed by atoms with Gasteiger partial charge in [0.1, 0.15) is 0 Å². The SMILES string of the molecule is CC(C)(CC(=O)O)Cc1nc(Cc2cccc(Br)c2)no1. The molecule has 0 aliphatic heterocycles. The highest BCUT2D eigenvalue weighted by molar-refractivity contribution is 9.10. The maximum absolute atomic E-state index is 10.8. The number of aliphatic carboxylic acids is 1. The third kappa shape index (κ3) is 4.97. The number of aromatic nitrogens is 2. The van der Waals surface area contributed by atoms with Crippen LogP contribution in [0.4, 0.5) is 0 Å². The summed E-state index contributed by atoms with van der Waals surface area (Å²) in [5.74, 6) is 0.259. The first-order valence-electron chi connectivity index (χ1n) is 6.62. The van der Waals surface area contributed by atoms with Crippen LogP contribution in [0.1, 0.15) is 37.5 Å². The molecule has 1 heterocycles. The molecule has 21 heavy (non-hydrogen) atoms. The van der Waals surface area contributed by atoms with Crippen molar-refractivity contribution in [2.75, 3.05) is 0 Å². The number of carboxylic acids is 1. The molecule has 1 N–H and O–H groups in total. The van der Waals surface area contributed by atoms with Gasteiger partial charge >= 0.3 is 5.97 Å². The molecule has 2 rings (SSSR count). The van der Waals surface area contributed by atoms with Crippen molar-refractivity contribution < 1.29 is 14.4 Å². The first-order chi connectivity index (χ1) is 9.84. The molecular weight excluding hydrogens is 336 g/mol. The number of benzene rings is 1. The molecule has 0 spiro atoms. The lowest BCUT2D eigenvalue weighted by molar-refractivity contribution is -0.139. The molecule has 1 aromatic carbocycles. The van der Waals surface area contributed by atoms with E-state index in [9.17, 15) is 4.79 Å². The molecule has 112 valence electrons. The highest BCUT2D eigenvalue weighted by Crippen LogP contribution is 2.25. The average Bonchev–Trinajstić information content (AvgIpc) is 2.73. The Bertz CT molecular complexity index is 637. The zero-order valence-electron chi connectivity index (χ0n) is 12.0. The van der Waals surface area contributed by atoms with E-state index in [-0.39, 0.29) is 6.42 Å². The quantitative estimate of drug-likeness (QED) is 0.861. The van der Waals surface area contributed by atoms with Gasteiger partial charge in [-0.05, 0) is 23.1 Å². The molecule has 0 aliphatic rings. The molecule has 0 aliphatic carbocycles. The van der Waals surface area contributed by atoms with Crippen LogP contribution in [-0.4, -0.2) is 21.2 Å². The number of halogens is 1. The Morgan fingerprint density at radius 2 is 2.19 bits per heavy atom. The predicted octanol–water partition coefficient (Wildman–Crippen LogP) is 3.47. The number of hydrogen-bond acceptors (Lipinski definition) is 4. The Morgan fingerprint density at radius 1 is 1.43 bits per heavy atom. The van der Waals surface area contributed by atoms with E-state index in [1.165, 1.54) is 0 Å². The summed E-state index contributed by atoms with van der Waals surface area (Å²) in [6, 6.07) is 7.91. The van der Waals surface area contributed by atoms with Crippen LogP contribution in [0.25, 0.3) is 0 Å². The first kappa shape index (κ1) is 15.7. The minimum Gasteiger partial charge on any atom is -0.481 e. The summed E-state index contributed by atoms with van der Waals surface area (Å²) >= 11 is 3.42. The number of hydrogen-bond donors (Lipinski definition) is 1. The van der Waals surface area contributed by atoms with Gasteiger partial charge in [0.2, 0.25) is 5.89 Å². The van der Waals surface area contributed by atoms with Gasteiger partial charge in [0.15, 0.2) is 5.82 Å². The van der Waals surface area contributed by atoms with Gasteiger partial charge in [0.05, 0.1) is 6.42 Å². The highest BCUT2D eigenvalue weighted by Gasteiger charge is 2.25. The lowest BCUT2D eigenvalue weighted by Crippen LogP contribution is -2.19. The molecule has 0 bridgehead atoms. The van der Waals surface area contributed by atoms with E-state index >= 15 is 0 Å². The number of rotatable bonds is 6. The van der Waals surface area contributed by atoms with E-state index in [0.717, 1.165) is 10.0 Å². The number of nitrogens with zero attached hydrogens (tertiary/aromatic N) is 2. The maximum atomic E-state index is 10.8. The fourth-order valence-corrected chi connectivity index (χ4v) is 2.59. The monoisotopic (exact) mass is 352 g/mol. The minimum atomic E-state index is -0.825. The van der Waals surface area contributed by atoms with Gasteiger partial charge in [0.25, 0.3) is 0 Å². The summed E-state index contributed by atoms with van der Waals surface area (Å²) < 4.78 is 6.22. The summed E-state index contributed by atoms with van der Waals surface area (Å²) in [5, 5.41) is 12.8. The largest absolute Gasteiger partial charge is 0.481 e. The van der Waals surface area contributed by atoms with Crippen LogP contribution < -0.4 is 0 Å². The predicted molar refractivity (Wildman–Crippen MR) is 81.0 cm³/mol. The molecule has 5 nitrogen and oxygen atoms in total. The van der Waals surface area contributed by atoms with Crippen LogP contribution in [0.5, 0.6) is 0 Å². The molecule has 0 radical (unpaired) electrons. The fraction of sp³-hybridized carbons (Fsp3) is 0.400. The molecule has 0 fully saturated rings. The van der Waals surface area contributed by atoms with E-state index in [1.807, 2.05) is 38.1 Å². The molecule has 0 saturated heterocycles. The normalized spacial score (nSPS) is 11.6. The van der Waals surface area contributed by atoms with Gasteiger partial charge in [-0.15, -0.1) is 0 Å². The molecule has 0 atom stereocenters. The smallest absolute Gasteiger partial charge is 0.303 e. The van der Waals surface area contributed by atoms with Crippen molar-refractivity contribution >= 4 is 21.9 Å². The average molecular weight is 353 g/mol. The molecule has 2 aromatic rings. The molecule has 0 unspecified atom stereocenters. The summed E-state index contributed by atoms with van der Waals surface area (Å²) in [4.78, 5) is 15.2. The van der Waals surface area contributed by atoms with Crippen molar-refractivity contribution in [3.63, 3.8) is 0 Å². The summed E-state index contributed by atoms with van der Waals surface area (Å²) in [6.07, 6.45) is 1.10. The van der Waals surface area contributed by atoms with Crippen molar-refractivity contribution in [3.05, 3.63) is 46.0 Å². The van der Waals surface area contributed by atoms with Crippen molar-refractivity contribution in [2.45, 2.75) is 33.1 Å². The molecule has 0 amide bonds. The van der Waals surface area contributed by atoms with Crippen molar-refractivity contribution in [3.8, 4) is 0 Å². The Morgan fingerprint density at radius 3 is 2.86 bits per heavy atom. The number of carbonyl (C=O) groups is 1. The van der Waals surface area contributed by atoms with Gasteiger partial charge in [-0.3, -0.25) is 4.79 Å². The van der Waals surface area contributed by atoms with Crippen LogP contribution in [0, 0.1) is 5.41 Å². The fourth-order valence-electron chi connectivity index (χ4n) is 2.14. The van der Waals surface area contributed by atoms with E-state index in [4.69, 9.17) is 9.63 Å². The van der Waals surface area contributed by atoms with Gasteiger partial charge in [-0.1, -0.05) is 47.1 Å². The lowest BCUT2D eigenvalue weighted by atomic mass is 9.86. The Labute approximate surface area is 131 Å². The van der Waals surface area contributed by atoms with Gasteiger partial charge < -0.3 is 9.63 Å². The van der Waals surface area contributed by atoms with E-state index < -0.39 is 11.4 Å². The zero-order valence-corrected chi connectivity index (χ0v) is 13.6. The second kappa shape index (κ2) is 6.39. The van der Waals surface area contributed by atoms with Crippen LogP contribution in [0.15, 0.2) is 33.3 Å². The van der Waals surface area contributed by atoms with Gasteiger partial charge in [-0.25, -0.2) is 0 Å². The molecule has 1 aromatic heterocycles. The minimum absolute atomic E-state index is 0.0658.